The van der Waals surface area contributed by atoms with E-state index in [0.717, 1.165) is 42.8 Å². The van der Waals surface area contributed by atoms with Crippen molar-refractivity contribution in [2.75, 3.05) is 45.7 Å². The van der Waals surface area contributed by atoms with Gasteiger partial charge >= 0.3 is 0 Å². The Morgan fingerprint density at radius 1 is 1.19 bits per heavy atom. The van der Waals surface area contributed by atoms with Crippen LogP contribution >= 0.6 is 0 Å². The second kappa shape index (κ2) is 10.6. The molecule has 0 spiro atoms. The van der Waals surface area contributed by atoms with E-state index in [1.54, 1.807) is 6.07 Å². The summed E-state index contributed by atoms with van der Waals surface area (Å²) in [5.41, 5.74) is 6.16. The molecule has 190 valence electrons. The molecule has 0 saturated heterocycles. The van der Waals surface area contributed by atoms with Crippen LogP contribution in [0.15, 0.2) is 41.5 Å². The summed E-state index contributed by atoms with van der Waals surface area (Å²) in [6.45, 7) is 2.28. The molecule has 36 heavy (non-hydrogen) atoms. The van der Waals surface area contributed by atoms with Crippen molar-refractivity contribution in [1.82, 2.24) is 15.6 Å². The van der Waals surface area contributed by atoms with Crippen molar-refractivity contribution in [2.45, 2.75) is 31.2 Å². The number of fused-ring (bicyclic) bond motifs is 1. The van der Waals surface area contributed by atoms with Gasteiger partial charge in [-0.2, -0.15) is 5.10 Å². The standard InChI is InChI=1S/C27H33N5O4/c1-32(2)9-10-35-25-13-17(21-14-28-29-15-21)3-7-23(25)31-27(34)20-12-19-11-18(4-8-24(19)36-16-20)26(33)30-22-5-6-22/h3-4,7-8,11,13-14,20-22,29H,5-6,9-10,12,15-16H2,1-2H3,(H,30,33)(H,31,34). The van der Waals surface area contributed by atoms with Crippen molar-refractivity contribution < 1.29 is 19.1 Å². The number of nitrogens with zero attached hydrogens (tertiary/aromatic N) is 2. The van der Waals surface area contributed by atoms with Crippen molar-refractivity contribution in [3.63, 3.8) is 0 Å². The van der Waals surface area contributed by atoms with Gasteiger partial charge in [0.15, 0.2) is 0 Å². The number of hydrogen-bond donors (Lipinski definition) is 3. The maximum Gasteiger partial charge on any atom is 0.251 e. The van der Waals surface area contributed by atoms with E-state index in [2.05, 4.69) is 21.2 Å². The normalized spacial score (nSPS) is 20.3. The SMILES string of the molecule is CN(C)CCOc1cc(C2C=NNC2)ccc1NC(=O)C1COc2ccc(C(=O)NC3CC3)cc2C1. The van der Waals surface area contributed by atoms with Crippen molar-refractivity contribution in [3.05, 3.63) is 53.1 Å². The highest BCUT2D eigenvalue weighted by atomic mass is 16.5. The summed E-state index contributed by atoms with van der Waals surface area (Å²) in [7, 11) is 3.98. The molecule has 3 N–H and O–H groups in total. The first-order valence-electron chi connectivity index (χ1n) is 12.5. The van der Waals surface area contributed by atoms with Crippen LogP contribution in [-0.2, 0) is 11.2 Å². The number of rotatable bonds is 9. The molecule has 1 saturated carbocycles. The predicted molar refractivity (Wildman–Crippen MR) is 138 cm³/mol. The Morgan fingerprint density at radius 3 is 2.81 bits per heavy atom. The van der Waals surface area contributed by atoms with Gasteiger partial charge in [0, 0.05) is 36.8 Å². The smallest absolute Gasteiger partial charge is 0.251 e. The lowest BCUT2D eigenvalue weighted by Gasteiger charge is -2.25. The summed E-state index contributed by atoms with van der Waals surface area (Å²) < 4.78 is 12.0. The average Bonchev–Trinajstić information content (AvgIpc) is 3.51. The van der Waals surface area contributed by atoms with Gasteiger partial charge in [0.2, 0.25) is 5.91 Å². The molecule has 0 aromatic heterocycles. The molecule has 2 aliphatic heterocycles. The number of ether oxygens (including phenoxy) is 2. The van der Waals surface area contributed by atoms with Crippen LogP contribution in [0.4, 0.5) is 5.69 Å². The Bertz CT molecular complexity index is 1160. The fourth-order valence-corrected chi connectivity index (χ4v) is 4.32. The molecular weight excluding hydrogens is 458 g/mol. The Morgan fingerprint density at radius 2 is 2.06 bits per heavy atom. The molecule has 2 aromatic rings. The number of benzene rings is 2. The lowest BCUT2D eigenvalue weighted by atomic mass is 9.94. The molecule has 2 heterocycles. The topological polar surface area (TPSA) is 104 Å². The Balaban J connectivity index is 1.28. The third-order valence-corrected chi connectivity index (χ3v) is 6.66. The maximum absolute atomic E-state index is 13.3. The van der Waals surface area contributed by atoms with Gasteiger partial charge in [-0.25, -0.2) is 0 Å². The first-order chi connectivity index (χ1) is 17.5. The van der Waals surface area contributed by atoms with Gasteiger partial charge in [-0.15, -0.1) is 0 Å². The van der Waals surface area contributed by atoms with E-state index < -0.39 is 0 Å². The van der Waals surface area contributed by atoms with E-state index in [1.807, 2.05) is 55.5 Å². The fourth-order valence-electron chi connectivity index (χ4n) is 4.32. The van der Waals surface area contributed by atoms with Crippen LogP contribution < -0.4 is 25.5 Å². The van der Waals surface area contributed by atoms with Crippen LogP contribution in [0, 0.1) is 5.92 Å². The molecule has 9 heteroatoms. The third kappa shape index (κ3) is 5.79. The average molecular weight is 492 g/mol. The Kier molecular flexibility index (Phi) is 7.09. The summed E-state index contributed by atoms with van der Waals surface area (Å²) in [5.74, 6) is 0.946. The highest BCUT2D eigenvalue weighted by Crippen LogP contribution is 2.32. The molecule has 3 aliphatic rings. The highest BCUT2D eigenvalue weighted by molar-refractivity contribution is 5.96. The molecule has 5 rings (SSSR count). The van der Waals surface area contributed by atoms with Crippen LogP contribution in [-0.4, -0.2) is 69.4 Å². The lowest BCUT2D eigenvalue weighted by molar-refractivity contribution is -0.121. The lowest BCUT2D eigenvalue weighted by Crippen LogP contribution is -2.33. The zero-order valence-corrected chi connectivity index (χ0v) is 20.8. The van der Waals surface area contributed by atoms with Crippen LogP contribution in [0.3, 0.4) is 0 Å². The highest BCUT2D eigenvalue weighted by Gasteiger charge is 2.29. The summed E-state index contributed by atoms with van der Waals surface area (Å²) in [6.07, 6.45) is 4.46. The monoisotopic (exact) mass is 491 g/mol. The number of anilines is 1. The minimum absolute atomic E-state index is 0.0750. The number of likely N-dealkylation sites (N-methyl/N-ethyl adjacent to an activating group) is 1. The number of nitrogens with one attached hydrogen (secondary N) is 3. The predicted octanol–water partition coefficient (Wildman–Crippen LogP) is 2.38. The van der Waals surface area contributed by atoms with Crippen LogP contribution in [0.1, 0.15) is 40.2 Å². The van der Waals surface area contributed by atoms with Gasteiger partial charge in [0.05, 0.1) is 11.6 Å². The number of hydrogen-bond acceptors (Lipinski definition) is 7. The van der Waals surface area contributed by atoms with Crippen LogP contribution in [0.5, 0.6) is 11.5 Å². The third-order valence-electron chi connectivity index (χ3n) is 6.66. The fraction of sp³-hybridized carbons (Fsp3) is 0.444. The molecular formula is C27H33N5O4. The summed E-state index contributed by atoms with van der Waals surface area (Å²) in [5, 5.41) is 10.2. The Labute approximate surface area is 211 Å². The molecule has 1 fully saturated rings. The van der Waals surface area contributed by atoms with E-state index in [4.69, 9.17) is 9.47 Å². The molecule has 0 radical (unpaired) electrons. The van der Waals surface area contributed by atoms with Gasteiger partial charge in [0.1, 0.15) is 24.7 Å². The van der Waals surface area contributed by atoms with Crippen molar-refractivity contribution >= 4 is 23.7 Å². The molecule has 2 unspecified atom stereocenters. The molecule has 2 amide bonds. The summed E-state index contributed by atoms with van der Waals surface area (Å²) >= 11 is 0. The first-order valence-corrected chi connectivity index (χ1v) is 12.5. The molecule has 1 aliphatic carbocycles. The van der Waals surface area contributed by atoms with Crippen molar-refractivity contribution in [1.29, 1.82) is 0 Å². The largest absolute Gasteiger partial charge is 0.492 e. The van der Waals surface area contributed by atoms with E-state index in [9.17, 15) is 9.59 Å². The van der Waals surface area contributed by atoms with E-state index in [1.165, 1.54) is 0 Å². The first kappa shape index (κ1) is 24.1. The minimum Gasteiger partial charge on any atom is -0.492 e. The van der Waals surface area contributed by atoms with Gasteiger partial charge in [-0.3, -0.25) is 9.59 Å². The molecule has 0 bridgehead atoms. The van der Waals surface area contributed by atoms with Crippen molar-refractivity contribution in [3.8, 4) is 11.5 Å². The van der Waals surface area contributed by atoms with Crippen LogP contribution in [0.25, 0.3) is 0 Å². The van der Waals surface area contributed by atoms with Crippen molar-refractivity contribution in [2.24, 2.45) is 11.0 Å². The zero-order valence-electron chi connectivity index (χ0n) is 20.8. The number of hydrazone groups is 1. The second-order valence-corrected chi connectivity index (χ2v) is 9.93. The van der Waals surface area contributed by atoms with Gasteiger partial charge in [-0.05, 0) is 74.8 Å². The number of carbonyl (C=O) groups excluding carboxylic acids is 2. The number of amides is 2. The summed E-state index contributed by atoms with van der Waals surface area (Å²) in [4.78, 5) is 27.8. The summed E-state index contributed by atoms with van der Waals surface area (Å²) in [6, 6.07) is 11.6. The van der Waals surface area contributed by atoms with E-state index in [0.29, 0.717) is 36.1 Å². The molecule has 2 aromatic carbocycles. The van der Waals surface area contributed by atoms with Gasteiger partial charge in [0.25, 0.3) is 5.91 Å². The Hall–Kier alpha value is -3.59. The van der Waals surface area contributed by atoms with Gasteiger partial charge in [-0.1, -0.05) is 6.07 Å². The van der Waals surface area contributed by atoms with Gasteiger partial charge < -0.3 is 30.4 Å². The maximum atomic E-state index is 13.3. The molecule has 2 atom stereocenters. The van der Waals surface area contributed by atoms with Crippen LogP contribution in [0.2, 0.25) is 0 Å². The quantitative estimate of drug-likeness (QED) is 0.498. The minimum atomic E-state index is -0.375. The van der Waals surface area contributed by atoms with E-state index in [-0.39, 0.29) is 30.3 Å². The zero-order chi connectivity index (χ0) is 25.1. The molecule has 9 nitrogen and oxygen atoms in total. The number of carbonyl (C=O) groups is 2. The second-order valence-electron chi connectivity index (χ2n) is 9.93. The van der Waals surface area contributed by atoms with E-state index >= 15 is 0 Å².